The molecule has 2 nitrogen and oxygen atoms in total. The Hall–Kier alpha value is -1.31. The molecule has 1 aromatic carbocycles. The lowest BCUT2D eigenvalue weighted by atomic mass is 9.76. The van der Waals surface area contributed by atoms with Crippen molar-refractivity contribution in [1.82, 2.24) is 0 Å². The predicted molar refractivity (Wildman–Crippen MR) is 71.9 cm³/mol. The molecule has 2 rings (SSSR count). The van der Waals surface area contributed by atoms with Crippen LogP contribution in [0, 0.1) is 17.8 Å². The van der Waals surface area contributed by atoms with Gasteiger partial charge in [-0.05, 0) is 36.7 Å². The summed E-state index contributed by atoms with van der Waals surface area (Å²) >= 11 is 0. The summed E-state index contributed by atoms with van der Waals surface area (Å²) in [6.07, 6.45) is 3.11. The van der Waals surface area contributed by atoms with Crippen LogP contribution in [0.5, 0.6) is 0 Å². The lowest BCUT2D eigenvalue weighted by Crippen LogP contribution is -2.27. The van der Waals surface area contributed by atoms with E-state index in [9.17, 15) is 4.79 Å². The van der Waals surface area contributed by atoms with Gasteiger partial charge in [0, 0.05) is 0 Å². The molecule has 1 fully saturated rings. The van der Waals surface area contributed by atoms with Crippen molar-refractivity contribution in [2.24, 2.45) is 17.8 Å². The van der Waals surface area contributed by atoms with Gasteiger partial charge in [-0.25, -0.2) is 0 Å². The van der Waals surface area contributed by atoms with Gasteiger partial charge in [-0.15, -0.1) is 0 Å². The van der Waals surface area contributed by atoms with Gasteiger partial charge in [0.15, 0.2) is 0 Å². The molecule has 1 aromatic rings. The Morgan fingerprint density at radius 2 is 1.89 bits per heavy atom. The van der Waals surface area contributed by atoms with E-state index in [0.717, 1.165) is 30.7 Å². The van der Waals surface area contributed by atoms with E-state index in [2.05, 4.69) is 13.8 Å². The highest BCUT2D eigenvalue weighted by Gasteiger charge is 2.30. The van der Waals surface area contributed by atoms with E-state index in [1.54, 1.807) is 0 Å². The molecule has 1 aliphatic rings. The maximum absolute atomic E-state index is 12.0. The number of esters is 1. The van der Waals surface area contributed by atoms with Crippen LogP contribution in [-0.2, 0) is 16.1 Å². The lowest BCUT2D eigenvalue weighted by Gasteiger charge is -2.30. The topological polar surface area (TPSA) is 26.3 Å². The zero-order chi connectivity index (χ0) is 13.0. The van der Waals surface area contributed by atoms with Gasteiger partial charge in [0.25, 0.3) is 0 Å². The first-order valence-electron chi connectivity index (χ1n) is 6.87. The predicted octanol–water partition coefficient (Wildman–Crippen LogP) is 3.80. The summed E-state index contributed by atoms with van der Waals surface area (Å²) in [7, 11) is 0. The van der Waals surface area contributed by atoms with Crippen molar-refractivity contribution in [2.75, 3.05) is 0 Å². The standard InChI is InChI=1S/C16H22O2/c1-12-8-9-15(10-13(12)2)16(17)18-11-14-6-4-3-5-7-14/h3-7,12-13,15H,8-11H2,1-2H3. The van der Waals surface area contributed by atoms with Crippen molar-refractivity contribution in [1.29, 1.82) is 0 Å². The Morgan fingerprint density at radius 3 is 2.56 bits per heavy atom. The molecular weight excluding hydrogens is 224 g/mol. The zero-order valence-corrected chi connectivity index (χ0v) is 11.3. The van der Waals surface area contributed by atoms with Crippen LogP contribution >= 0.6 is 0 Å². The van der Waals surface area contributed by atoms with Crippen LogP contribution in [0.3, 0.4) is 0 Å². The number of carbonyl (C=O) groups excluding carboxylic acids is 1. The molecule has 3 unspecified atom stereocenters. The average Bonchev–Trinajstić information content (AvgIpc) is 2.40. The fourth-order valence-electron chi connectivity index (χ4n) is 2.61. The third kappa shape index (κ3) is 3.34. The number of rotatable bonds is 3. The Morgan fingerprint density at radius 1 is 1.17 bits per heavy atom. The van der Waals surface area contributed by atoms with Gasteiger partial charge in [0.2, 0.25) is 0 Å². The fourth-order valence-corrected chi connectivity index (χ4v) is 2.61. The summed E-state index contributed by atoms with van der Waals surface area (Å²) in [5, 5.41) is 0. The van der Waals surface area contributed by atoms with E-state index in [-0.39, 0.29) is 11.9 Å². The van der Waals surface area contributed by atoms with E-state index in [4.69, 9.17) is 4.74 Å². The minimum atomic E-state index is -0.0161. The molecule has 0 saturated heterocycles. The van der Waals surface area contributed by atoms with Crippen molar-refractivity contribution in [3.8, 4) is 0 Å². The van der Waals surface area contributed by atoms with E-state index in [1.807, 2.05) is 30.3 Å². The van der Waals surface area contributed by atoms with Gasteiger partial charge < -0.3 is 4.74 Å². The number of hydrogen-bond acceptors (Lipinski definition) is 2. The molecule has 3 atom stereocenters. The van der Waals surface area contributed by atoms with Crippen LogP contribution in [0.2, 0.25) is 0 Å². The highest BCUT2D eigenvalue weighted by Crippen LogP contribution is 2.33. The quantitative estimate of drug-likeness (QED) is 0.758. The van der Waals surface area contributed by atoms with Crippen LogP contribution in [0.15, 0.2) is 30.3 Å². The van der Waals surface area contributed by atoms with Crippen molar-refractivity contribution in [3.05, 3.63) is 35.9 Å². The number of benzene rings is 1. The lowest BCUT2D eigenvalue weighted by molar-refractivity contribution is -0.152. The summed E-state index contributed by atoms with van der Waals surface area (Å²) in [6, 6.07) is 9.87. The summed E-state index contributed by atoms with van der Waals surface area (Å²) in [5.41, 5.74) is 1.06. The van der Waals surface area contributed by atoms with Crippen molar-refractivity contribution in [2.45, 2.75) is 39.7 Å². The van der Waals surface area contributed by atoms with Crippen molar-refractivity contribution >= 4 is 5.97 Å². The smallest absolute Gasteiger partial charge is 0.309 e. The fraction of sp³-hybridized carbons (Fsp3) is 0.562. The molecular formula is C16H22O2. The summed E-state index contributed by atoms with van der Waals surface area (Å²) in [5.74, 6) is 1.47. The molecule has 0 amide bonds. The van der Waals surface area contributed by atoms with Gasteiger partial charge in [0.05, 0.1) is 5.92 Å². The maximum Gasteiger partial charge on any atom is 0.309 e. The molecule has 0 bridgehead atoms. The Balaban J connectivity index is 1.82. The number of ether oxygens (including phenoxy) is 1. The van der Waals surface area contributed by atoms with Crippen LogP contribution < -0.4 is 0 Å². The number of carbonyl (C=O) groups is 1. The molecule has 98 valence electrons. The first-order valence-corrected chi connectivity index (χ1v) is 6.87. The van der Waals surface area contributed by atoms with Gasteiger partial charge in [-0.2, -0.15) is 0 Å². The highest BCUT2D eigenvalue weighted by atomic mass is 16.5. The molecule has 0 aliphatic heterocycles. The Bertz CT molecular complexity index is 385. The van der Waals surface area contributed by atoms with Gasteiger partial charge in [-0.1, -0.05) is 44.2 Å². The zero-order valence-electron chi connectivity index (χ0n) is 11.3. The summed E-state index contributed by atoms with van der Waals surface area (Å²) in [4.78, 5) is 12.0. The van der Waals surface area contributed by atoms with E-state index < -0.39 is 0 Å². The van der Waals surface area contributed by atoms with Crippen molar-refractivity contribution in [3.63, 3.8) is 0 Å². The molecule has 0 aromatic heterocycles. The average molecular weight is 246 g/mol. The Labute approximate surface area is 109 Å². The monoisotopic (exact) mass is 246 g/mol. The third-order valence-electron chi connectivity index (χ3n) is 4.16. The Kier molecular flexibility index (Phi) is 4.40. The van der Waals surface area contributed by atoms with Crippen LogP contribution in [0.25, 0.3) is 0 Å². The van der Waals surface area contributed by atoms with Gasteiger partial charge in [-0.3, -0.25) is 4.79 Å². The van der Waals surface area contributed by atoms with E-state index >= 15 is 0 Å². The van der Waals surface area contributed by atoms with Gasteiger partial charge in [0.1, 0.15) is 6.61 Å². The number of hydrogen-bond donors (Lipinski definition) is 0. The first kappa shape index (κ1) is 13.1. The largest absolute Gasteiger partial charge is 0.461 e. The molecule has 0 spiro atoms. The summed E-state index contributed by atoms with van der Waals surface area (Å²) in [6.45, 7) is 4.91. The summed E-state index contributed by atoms with van der Waals surface area (Å²) < 4.78 is 5.41. The second-order valence-corrected chi connectivity index (χ2v) is 5.56. The van der Waals surface area contributed by atoms with Crippen LogP contribution in [0.1, 0.15) is 38.7 Å². The molecule has 0 N–H and O–H groups in total. The second kappa shape index (κ2) is 6.03. The van der Waals surface area contributed by atoms with Crippen LogP contribution in [0.4, 0.5) is 0 Å². The SMILES string of the molecule is CC1CCC(C(=O)OCc2ccccc2)CC1C. The van der Waals surface area contributed by atoms with E-state index in [0.29, 0.717) is 12.5 Å². The minimum absolute atomic E-state index is 0.0161. The molecule has 2 heteroatoms. The van der Waals surface area contributed by atoms with E-state index in [1.165, 1.54) is 0 Å². The van der Waals surface area contributed by atoms with Gasteiger partial charge >= 0.3 is 5.97 Å². The first-order chi connectivity index (χ1) is 8.66. The molecule has 1 aliphatic carbocycles. The molecule has 1 saturated carbocycles. The third-order valence-corrected chi connectivity index (χ3v) is 4.16. The molecule has 0 radical (unpaired) electrons. The molecule has 18 heavy (non-hydrogen) atoms. The second-order valence-electron chi connectivity index (χ2n) is 5.56. The van der Waals surface area contributed by atoms with Crippen molar-refractivity contribution < 1.29 is 9.53 Å². The molecule has 0 heterocycles. The minimum Gasteiger partial charge on any atom is -0.461 e. The maximum atomic E-state index is 12.0. The highest BCUT2D eigenvalue weighted by molar-refractivity contribution is 5.72. The normalized spacial score (nSPS) is 27.8. The van der Waals surface area contributed by atoms with Crippen LogP contribution in [-0.4, -0.2) is 5.97 Å².